The molecule has 0 spiro atoms. The van der Waals surface area contributed by atoms with Crippen LogP contribution < -0.4 is 15.4 Å². The van der Waals surface area contributed by atoms with Gasteiger partial charge in [0, 0.05) is 13.1 Å². The highest BCUT2D eigenvalue weighted by Crippen LogP contribution is 2.30. The number of nitrogens with two attached hydrogens (primary N) is 1. The molecule has 1 fully saturated rings. The first-order chi connectivity index (χ1) is 8.26. The predicted molar refractivity (Wildman–Crippen MR) is 67.2 cm³/mol. The predicted octanol–water partition coefficient (Wildman–Crippen LogP) is 1.05. The maximum Gasteiger partial charge on any atom is 0.233 e. The van der Waals surface area contributed by atoms with E-state index in [1.165, 1.54) is 19.3 Å². The summed E-state index contributed by atoms with van der Waals surface area (Å²) >= 11 is 0. The molecule has 17 heavy (non-hydrogen) atoms. The van der Waals surface area contributed by atoms with Crippen molar-refractivity contribution in [1.29, 1.82) is 0 Å². The summed E-state index contributed by atoms with van der Waals surface area (Å²) in [5.74, 6) is 1.97. The Kier molecular flexibility index (Phi) is 3.78. The summed E-state index contributed by atoms with van der Waals surface area (Å²) in [7, 11) is 3.66. The summed E-state index contributed by atoms with van der Waals surface area (Å²) in [4.78, 5) is 10.7. The quantitative estimate of drug-likeness (QED) is 0.846. The van der Waals surface area contributed by atoms with Crippen LogP contribution in [0.2, 0.25) is 0 Å². The van der Waals surface area contributed by atoms with Crippen LogP contribution in [0.4, 0.5) is 5.82 Å². The number of hydrogen-bond acceptors (Lipinski definition) is 5. The molecule has 1 aliphatic rings. The molecule has 0 radical (unpaired) electrons. The Morgan fingerprint density at radius 2 is 2.29 bits per heavy atom. The molecule has 5 nitrogen and oxygen atoms in total. The normalized spacial score (nSPS) is 23.7. The van der Waals surface area contributed by atoms with Crippen molar-refractivity contribution in [3.8, 4) is 5.88 Å². The fourth-order valence-electron chi connectivity index (χ4n) is 2.58. The van der Waals surface area contributed by atoms with Crippen LogP contribution in [0.25, 0.3) is 0 Å². The molecule has 0 amide bonds. The lowest BCUT2D eigenvalue weighted by molar-refractivity contribution is 0.394. The van der Waals surface area contributed by atoms with E-state index in [0.29, 0.717) is 17.8 Å². The van der Waals surface area contributed by atoms with E-state index in [1.807, 2.05) is 0 Å². The van der Waals surface area contributed by atoms with Crippen LogP contribution in [0.15, 0.2) is 12.4 Å². The zero-order valence-electron chi connectivity index (χ0n) is 10.5. The molecule has 0 bridgehead atoms. The van der Waals surface area contributed by atoms with Crippen molar-refractivity contribution in [3.63, 3.8) is 0 Å². The second-order valence-electron chi connectivity index (χ2n) is 4.52. The van der Waals surface area contributed by atoms with Crippen molar-refractivity contribution in [2.75, 3.05) is 25.6 Å². The number of nitrogens with zero attached hydrogens (tertiary/aromatic N) is 3. The molecule has 5 heteroatoms. The molecule has 94 valence electrons. The highest BCUT2D eigenvalue weighted by atomic mass is 16.5. The minimum atomic E-state index is 0.474. The van der Waals surface area contributed by atoms with E-state index >= 15 is 0 Å². The fourth-order valence-corrected chi connectivity index (χ4v) is 2.58. The molecule has 1 aromatic rings. The SMILES string of the molecule is COc1cncc(N(C)C2CCCC2CN)n1. The Bertz CT molecular complexity index is 371. The Balaban J connectivity index is 2.15. The maximum absolute atomic E-state index is 5.81. The van der Waals surface area contributed by atoms with Gasteiger partial charge in [-0.3, -0.25) is 4.98 Å². The van der Waals surface area contributed by atoms with E-state index in [1.54, 1.807) is 19.5 Å². The molecular weight excluding hydrogens is 216 g/mol. The largest absolute Gasteiger partial charge is 0.480 e. The molecular formula is C12H20N4O. The lowest BCUT2D eigenvalue weighted by Gasteiger charge is -2.29. The van der Waals surface area contributed by atoms with Gasteiger partial charge in [0.1, 0.15) is 0 Å². The van der Waals surface area contributed by atoms with Gasteiger partial charge in [0.15, 0.2) is 5.82 Å². The molecule has 0 aliphatic heterocycles. The van der Waals surface area contributed by atoms with Gasteiger partial charge >= 0.3 is 0 Å². The lowest BCUT2D eigenvalue weighted by atomic mass is 10.0. The monoisotopic (exact) mass is 236 g/mol. The van der Waals surface area contributed by atoms with Gasteiger partial charge in [-0.1, -0.05) is 6.42 Å². The molecule has 0 aromatic carbocycles. The minimum Gasteiger partial charge on any atom is -0.480 e. The van der Waals surface area contributed by atoms with Gasteiger partial charge in [0.25, 0.3) is 0 Å². The number of hydrogen-bond donors (Lipinski definition) is 1. The van der Waals surface area contributed by atoms with Crippen molar-refractivity contribution in [2.45, 2.75) is 25.3 Å². The Morgan fingerprint density at radius 1 is 1.47 bits per heavy atom. The third-order valence-electron chi connectivity index (χ3n) is 3.59. The first kappa shape index (κ1) is 12.1. The molecule has 1 heterocycles. The van der Waals surface area contributed by atoms with Gasteiger partial charge in [0.05, 0.1) is 19.5 Å². The standard InChI is InChI=1S/C12H20N4O/c1-16(10-5-3-4-9(10)6-13)11-7-14-8-12(15-11)17-2/h7-10H,3-6,13H2,1-2H3. The molecule has 1 saturated carbocycles. The van der Waals surface area contributed by atoms with Crippen molar-refractivity contribution >= 4 is 5.82 Å². The van der Waals surface area contributed by atoms with Crippen LogP contribution in [0, 0.1) is 5.92 Å². The first-order valence-electron chi connectivity index (χ1n) is 6.05. The fraction of sp³-hybridized carbons (Fsp3) is 0.667. The molecule has 2 atom stereocenters. The molecule has 2 unspecified atom stereocenters. The number of anilines is 1. The summed E-state index contributed by atoms with van der Waals surface area (Å²) in [5, 5.41) is 0. The molecule has 2 N–H and O–H groups in total. The summed E-state index contributed by atoms with van der Waals surface area (Å²) < 4.78 is 5.10. The zero-order chi connectivity index (χ0) is 12.3. The summed E-state index contributed by atoms with van der Waals surface area (Å²) in [6, 6.07) is 0.474. The Morgan fingerprint density at radius 3 is 3.00 bits per heavy atom. The second kappa shape index (κ2) is 5.31. The Hall–Kier alpha value is -1.36. The molecule has 2 rings (SSSR count). The number of methoxy groups -OCH3 is 1. The lowest BCUT2D eigenvalue weighted by Crippen LogP contribution is -2.38. The first-order valence-corrected chi connectivity index (χ1v) is 6.05. The van der Waals surface area contributed by atoms with Gasteiger partial charge in [-0.15, -0.1) is 0 Å². The van der Waals surface area contributed by atoms with Crippen LogP contribution in [-0.4, -0.2) is 36.7 Å². The van der Waals surface area contributed by atoms with E-state index in [4.69, 9.17) is 10.5 Å². The number of rotatable bonds is 4. The van der Waals surface area contributed by atoms with Gasteiger partial charge in [0.2, 0.25) is 5.88 Å². The molecule has 1 aromatic heterocycles. The minimum absolute atomic E-state index is 0.474. The zero-order valence-corrected chi connectivity index (χ0v) is 10.5. The van der Waals surface area contributed by atoms with E-state index in [2.05, 4.69) is 21.9 Å². The van der Waals surface area contributed by atoms with Crippen molar-refractivity contribution in [2.24, 2.45) is 11.7 Å². The van der Waals surface area contributed by atoms with Crippen LogP contribution in [0.5, 0.6) is 5.88 Å². The van der Waals surface area contributed by atoms with Crippen molar-refractivity contribution in [3.05, 3.63) is 12.4 Å². The maximum atomic E-state index is 5.81. The van der Waals surface area contributed by atoms with Gasteiger partial charge in [-0.05, 0) is 25.3 Å². The van der Waals surface area contributed by atoms with Gasteiger partial charge < -0.3 is 15.4 Å². The number of aromatic nitrogens is 2. The van der Waals surface area contributed by atoms with E-state index in [-0.39, 0.29) is 0 Å². The highest BCUT2D eigenvalue weighted by molar-refractivity contribution is 5.38. The molecule has 1 aliphatic carbocycles. The van der Waals surface area contributed by atoms with E-state index < -0.39 is 0 Å². The third-order valence-corrected chi connectivity index (χ3v) is 3.59. The van der Waals surface area contributed by atoms with Crippen molar-refractivity contribution in [1.82, 2.24) is 9.97 Å². The van der Waals surface area contributed by atoms with Gasteiger partial charge in [-0.2, -0.15) is 4.98 Å². The highest BCUT2D eigenvalue weighted by Gasteiger charge is 2.30. The smallest absolute Gasteiger partial charge is 0.233 e. The number of ether oxygens (including phenoxy) is 1. The second-order valence-corrected chi connectivity index (χ2v) is 4.52. The average Bonchev–Trinajstić information content (AvgIpc) is 2.86. The average molecular weight is 236 g/mol. The van der Waals surface area contributed by atoms with Gasteiger partial charge in [-0.25, -0.2) is 0 Å². The topological polar surface area (TPSA) is 64.3 Å². The molecule has 0 saturated heterocycles. The summed E-state index contributed by atoms with van der Waals surface area (Å²) in [6.07, 6.45) is 7.02. The van der Waals surface area contributed by atoms with E-state index in [9.17, 15) is 0 Å². The van der Waals surface area contributed by atoms with Crippen LogP contribution in [0.1, 0.15) is 19.3 Å². The van der Waals surface area contributed by atoms with Crippen LogP contribution >= 0.6 is 0 Å². The summed E-state index contributed by atoms with van der Waals surface area (Å²) in [5.41, 5.74) is 5.81. The van der Waals surface area contributed by atoms with Crippen LogP contribution in [0.3, 0.4) is 0 Å². The third kappa shape index (κ3) is 2.49. The van der Waals surface area contributed by atoms with E-state index in [0.717, 1.165) is 12.4 Å². The summed E-state index contributed by atoms with van der Waals surface area (Å²) in [6.45, 7) is 0.742. The van der Waals surface area contributed by atoms with Crippen molar-refractivity contribution < 1.29 is 4.74 Å². The Labute approximate surface area is 102 Å². The van der Waals surface area contributed by atoms with Crippen LogP contribution in [-0.2, 0) is 0 Å².